The van der Waals surface area contributed by atoms with Crippen molar-refractivity contribution in [1.29, 1.82) is 0 Å². The molecule has 0 bridgehead atoms. The van der Waals surface area contributed by atoms with Crippen LogP contribution in [-0.2, 0) is 0 Å². The van der Waals surface area contributed by atoms with Crippen LogP contribution in [0, 0.1) is 0 Å². The Morgan fingerprint density at radius 1 is 1.18 bits per heavy atom. The van der Waals surface area contributed by atoms with Gasteiger partial charge in [-0.15, -0.1) is 0 Å². The zero-order chi connectivity index (χ0) is 12.4. The van der Waals surface area contributed by atoms with Crippen LogP contribution in [0.1, 0.15) is 20.8 Å². The zero-order valence-corrected chi connectivity index (χ0v) is 11.5. The van der Waals surface area contributed by atoms with Gasteiger partial charge in [0.05, 0.1) is 0 Å². The largest absolute Gasteiger partial charge is 0.358 e. The summed E-state index contributed by atoms with van der Waals surface area (Å²) >= 11 is 1.54. The summed E-state index contributed by atoms with van der Waals surface area (Å²) in [6.45, 7) is 8.00. The molecule has 0 fully saturated rings. The fourth-order valence-electron chi connectivity index (χ4n) is 1.92. The van der Waals surface area contributed by atoms with Crippen LogP contribution in [0.3, 0.4) is 0 Å². The molecule has 0 aliphatic carbocycles. The van der Waals surface area contributed by atoms with E-state index < -0.39 is 0 Å². The van der Waals surface area contributed by atoms with Crippen molar-refractivity contribution in [2.75, 3.05) is 19.3 Å². The molecule has 0 N–H and O–H groups in total. The van der Waals surface area contributed by atoms with Crippen LogP contribution in [0.25, 0.3) is 0 Å². The van der Waals surface area contributed by atoms with E-state index in [1.54, 1.807) is 11.8 Å². The number of aliphatic imine (C=N–C) groups is 4. The lowest BCUT2D eigenvalue weighted by Gasteiger charge is -2.27. The second-order valence-electron chi connectivity index (χ2n) is 3.79. The third kappa shape index (κ3) is 2.26. The number of nitrogens with zero attached hydrogens (tertiary/aromatic N) is 5. The number of hydrogen-bond donors (Lipinski definition) is 0. The monoisotopic (exact) mass is 251 g/mol. The van der Waals surface area contributed by atoms with E-state index in [1.165, 1.54) is 0 Å². The fraction of sp³-hybridized carbons (Fsp3) is 0.636. The molecule has 17 heavy (non-hydrogen) atoms. The second-order valence-corrected chi connectivity index (χ2v) is 4.56. The molecule has 5 nitrogen and oxygen atoms in total. The van der Waals surface area contributed by atoms with E-state index in [9.17, 15) is 0 Å². The van der Waals surface area contributed by atoms with Crippen molar-refractivity contribution in [3.8, 4) is 0 Å². The van der Waals surface area contributed by atoms with Gasteiger partial charge in [0.2, 0.25) is 0 Å². The summed E-state index contributed by atoms with van der Waals surface area (Å²) in [5.41, 5.74) is 0. The lowest BCUT2D eigenvalue weighted by atomic mass is 10.2. The van der Waals surface area contributed by atoms with Crippen molar-refractivity contribution in [2.45, 2.75) is 26.8 Å². The van der Waals surface area contributed by atoms with Crippen molar-refractivity contribution < 1.29 is 0 Å². The van der Waals surface area contributed by atoms with E-state index in [1.807, 2.05) is 13.2 Å². The van der Waals surface area contributed by atoms with Crippen LogP contribution in [0.15, 0.2) is 20.0 Å². The van der Waals surface area contributed by atoms with Gasteiger partial charge in [0.25, 0.3) is 0 Å². The second kappa shape index (κ2) is 5.00. The minimum Gasteiger partial charge on any atom is -0.358 e. The van der Waals surface area contributed by atoms with Crippen molar-refractivity contribution in [3.63, 3.8) is 0 Å². The van der Waals surface area contributed by atoms with Gasteiger partial charge in [-0.2, -0.15) is 0 Å². The molecule has 2 rings (SSSR count). The molecule has 1 atom stereocenters. The highest BCUT2D eigenvalue weighted by molar-refractivity contribution is 8.13. The van der Waals surface area contributed by atoms with Gasteiger partial charge in [-0.3, -0.25) is 4.99 Å². The first-order chi connectivity index (χ1) is 8.19. The molecule has 0 spiro atoms. The van der Waals surface area contributed by atoms with E-state index >= 15 is 0 Å². The van der Waals surface area contributed by atoms with E-state index in [0.717, 1.165) is 35.8 Å². The van der Waals surface area contributed by atoms with Crippen LogP contribution in [-0.4, -0.2) is 53.0 Å². The van der Waals surface area contributed by atoms with Crippen LogP contribution in [0.4, 0.5) is 0 Å². The topological polar surface area (TPSA) is 52.7 Å². The zero-order valence-electron chi connectivity index (χ0n) is 10.6. The van der Waals surface area contributed by atoms with E-state index in [0.29, 0.717) is 0 Å². The van der Waals surface area contributed by atoms with Gasteiger partial charge in [0.1, 0.15) is 11.7 Å². The summed E-state index contributed by atoms with van der Waals surface area (Å²) in [4.78, 5) is 20.1. The van der Waals surface area contributed by atoms with E-state index in [2.05, 4.69) is 38.7 Å². The predicted molar refractivity (Wildman–Crippen MR) is 75.6 cm³/mol. The third-order valence-corrected chi connectivity index (χ3v) is 3.32. The van der Waals surface area contributed by atoms with Gasteiger partial charge >= 0.3 is 0 Å². The summed E-state index contributed by atoms with van der Waals surface area (Å²) in [5, 5.41) is 0.770. The Hall–Kier alpha value is -1.17. The average molecular weight is 251 g/mol. The van der Waals surface area contributed by atoms with E-state index in [4.69, 9.17) is 0 Å². The third-order valence-electron chi connectivity index (χ3n) is 2.77. The molecule has 0 saturated carbocycles. The summed E-state index contributed by atoms with van der Waals surface area (Å²) < 4.78 is 0. The highest BCUT2D eigenvalue weighted by Crippen LogP contribution is 2.19. The maximum absolute atomic E-state index is 4.59. The average Bonchev–Trinajstić information content (AvgIpc) is 2.70. The molecular formula is C11H17N5S. The maximum Gasteiger partial charge on any atom is 0.190 e. The smallest absolute Gasteiger partial charge is 0.190 e. The number of likely N-dealkylation sites (N-methyl/N-ethyl adjacent to an activating group) is 1. The van der Waals surface area contributed by atoms with Gasteiger partial charge in [-0.05, 0) is 27.0 Å². The van der Waals surface area contributed by atoms with Gasteiger partial charge in [-0.1, -0.05) is 11.8 Å². The molecule has 0 aromatic heterocycles. The fourth-order valence-corrected chi connectivity index (χ4v) is 2.29. The molecule has 2 aliphatic rings. The van der Waals surface area contributed by atoms with Crippen molar-refractivity contribution >= 4 is 34.4 Å². The summed E-state index contributed by atoms with van der Waals surface area (Å²) in [7, 11) is 0. The van der Waals surface area contributed by atoms with Crippen LogP contribution in [0.2, 0.25) is 0 Å². The van der Waals surface area contributed by atoms with Gasteiger partial charge < -0.3 is 4.90 Å². The Balaban J connectivity index is 2.38. The number of fused-ring (bicyclic) bond motifs is 1. The first-order valence-electron chi connectivity index (χ1n) is 5.78. The standard InChI is InChI=1S/C11H17N5S/c1-5-16(6-2)10-8-9(13-7(3)12-8)14-11(15-10)17-4/h8H,5-6H2,1-4H3. The predicted octanol–water partition coefficient (Wildman–Crippen LogP) is 1.66. The van der Waals surface area contributed by atoms with Crippen LogP contribution < -0.4 is 0 Å². The Kier molecular flexibility index (Phi) is 3.61. The first-order valence-corrected chi connectivity index (χ1v) is 7.01. The number of hydrogen-bond acceptors (Lipinski definition) is 6. The molecule has 92 valence electrons. The highest BCUT2D eigenvalue weighted by atomic mass is 32.2. The molecule has 0 saturated heterocycles. The molecule has 0 aromatic rings. The molecular weight excluding hydrogens is 234 g/mol. The van der Waals surface area contributed by atoms with Gasteiger partial charge in [-0.25, -0.2) is 15.0 Å². The molecule has 1 unspecified atom stereocenters. The number of thioether (sulfide) groups is 1. The molecule has 2 aliphatic heterocycles. The molecule has 0 radical (unpaired) electrons. The Labute approximate surface area is 106 Å². The van der Waals surface area contributed by atoms with Crippen LogP contribution in [0.5, 0.6) is 0 Å². The Morgan fingerprint density at radius 3 is 2.47 bits per heavy atom. The van der Waals surface area contributed by atoms with Crippen molar-refractivity contribution in [2.24, 2.45) is 20.0 Å². The lowest BCUT2D eigenvalue weighted by Crippen LogP contribution is -2.43. The maximum atomic E-state index is 4.59. The molecule has 0 amide bonds. The van der Waals surface area contributed by atoms with Crippen molar-refractivity contribution in [3.05, 3.63) is 0 Å². The van der Waals surface area contributed by atoms with Gasteiger partial charge in [0.15, 0.2) is 17.0 Å². The minimum absolute atomic E-state index is 0.0919. The number of rotatable bonds is 2. The normalized spacial score (nSPS) is 22.5. The molecule has 2 heterocycles. The summed E-state index contributed by atoms with van der Waals surface area (Å²) in [6, 6.07) is -0.0919. The highest BCUT2D eigenvalue weighted by Gasteiger charge is 2.32. The minimum atomic E-state index is -0.0919. The summed E-state index contributed by atoms with van der Waals surface area (Å²) in [5.74, 6) is 2.55. The number of amidine groups is 4. The quantitative estimate of drug-likeness (QED) is 0.749. The summed E-state index contributed by atoms with van der Waals surface area (Å²) in [6.07, 6.45) is 1.98. The van der Waals surface area contributed by atoms with Crippen molar-refractivity contribution in [1.82, 2.24) is 4.90 Å². The molecule has 0 aromatic carbocycles. The molecule has 6 heteroatoms. The lowest BCUT2D eigenvalue weighted by molar-refractivity contribution is 0.456. The van der Waals surface area contributed by atoms with Gasteiger partial charge in [0, 0.05) is 13.1 Å². The Morgan fingerprint density at radius 2 is 1.88 bits per heavy atom. The Bertz CT molecular complexity index is 431. The van der Waals surface area contributed by atoms with Crippen LogP contribution >= 0.6 is 11.8 Å². The first kappa shape index (κ1) is 12.3. The SMILES string of the molecule is CCN(CC)C1=NC(SC)=NC2=NC(C)=NC21. The van der Waals surface area contributed by atoms with E-state index in [-0.39, 0.29) is 6.04 Å².